The summed E-state index contributed by atoms with van der Waals surface area (Å²) in [5.74, 6) is 0.909. The van der Waals surface area contributed by atoms with E-state index in [-0.39, 0.29) is 17.8 Å². The summed E-state index contributed by atoms with van der Waals surface area (Å²) in [7, 11) is -3.25. The number of nitrogens with one attached hydrogen (secondary N) is 1. The zero-order valence-electron chi connectivity index (χ0n) is 17.2. The van der Waals surface area contributed by atoms with Gasteiger partial charge in [0.2, 0.25) is 15.9 Å². The minimum atomic E-state index is -3.25. The van der Waals surface area contributed by atoms with E-state index in [1.807, 2.05) is 54.6 Å². The van der Waals surface area contributed by atoms with Crippen molar-refractivity contribution in [2.24, 2.45) is 0 Å². The zero-order valence-corrected chi connectivity index (χ0v) is 18.0. The Morgan fingerprint density at radius 3 is 2.43 bits per heavy atom. The van der Waals surface area contributed by atoms with Crippen molar-refractivity contribution in [3.05, 3.63) is 65.7 Å². The molecule has 6 nitrogen and oxygen atoms in total. The lowest BCUT2D eigenvalue weighted by molar-refractivity contribution is -0.128. The maximum absolute atomic E-state index is 13.4. The monoisotopic (exact) mass is 428 g/mol. The van der Waals surface area contributed by atoms with Gasteiger partial charge in [0.25, 0.3) is 0 Å². The van der Waals surface area contributed by atoms with Gasteiger partial charge in [0.1, 0.15) is 11.9 Å². The number of amides is 1. The number of carbonyl (C=O) groups excluding carboxylic acids is 1. The lowest BCUT2D eigenvalue weighted by Crippen LogP contribution is -2.54. The summed E-state index contributed by atoms with van der Waals surface area (Å²) in [4.78, 5) is 13.4. The van der Waals surface area contributed by atoms with E-state index < -0.39 is 15.4 Å². The molecular formula is C23H28N2O4S. The van der Waals surface area contributed by atoms with E-state index in [0.717, 1.165) is 23.3 Å². The molecule has 2 heterocycles. The predicted octanol–water partition coefficient (Wildman–Crippen LogP) is 2.49. The molecule has 2 aliphatic heterocycles. The topological polar surface area (TPSA) is 75.7 Å². The van der Waals surface area contributed by atoms with Crippen LogP contribution in [0.25, 0.3) is 0 Å². The molecule has 1 N–H and O–H groups in total. The van der Waals surface area contributed by atoms with E-state index in [0.29, 0.717) is 32.5 Å². The van der Waals surface area contributed by atoms with Crippen molar-refractivity contribution in [1.29, 1.82) is 0 Å². The van der Waals surface area contributed by atoms with E-state index >= 15 is 0 Å². The molecule has 0 radical (unpaired) electrons. The van der Waals surface area contributed by atoms with Crippen molar-refractivity contribution in [3.8, 4) is 5.75 Å². The Kier molecular flexibility index (Phi) is 5.84. The Labute approximate surface area is 178 Å². The number of ether oxygens (including phenoxy) is 1. The van der Waals surface area contributed by atoms with Crippen molar-refractivity contribution >= 4 is 15.9 Å². The number of benzene rings is 2. The van der Waals surface area contributed by atoms with Gasteiger partial charge in [0.05, 0.1) is 17.7 Å². The van der Waals surface area contributed by atoms with Gasteiger partial charge in [0, 0.05) is 19.5 Å². The normalized spacial score (nSPS) is 20.9. The number of hydrogen-bond acceptors (Lipinski definition) is 4. The lowest BCUT2D eigenvalue weighted by Gasteiger charge is -2.40. The molecule has 0 aliphatic carbocycles. The van der Waals surface area contributed by atoms with Crippen molar-refractivity contribution in [3.63, 3.8) is 0 Å². The van der Waals surface area contributed by atoms with Gasteiger partial charge in [0.15, 0.2) is 0 Å². The number of sulfonamides is 1. The molecule has 0 bridgehead atoms. The van der Waals surface area contributed by atoms with Crippen LogP contribution in [0.1, 0.15) is 30.9 Å². The van der Waals surface area contributed by atoms with Gasteiger partial charge in [-0.05, 0) is 37.0 Å². The molecule has 2 aliphatic rings. The molecule has 1 fully saturated rings. The summed E-state index contributed by atoms with van der Waals surface area (Å²) < 4.78 is 32.0. The number of nitrogens with zero attached hydrogens (tertiary/aromatic N) is 1. The molecule has 2 aromatic rings. The minimum absolute atomic E-state index is 0.0539. The molecule has 160 valence electrons. The van der Waals surface area contributed by atoms with Crippen LogP contribution in [0.4, 0.5) is 0 Å². The van der Waals surface area contributed by atoms with Crippen LogP contribution in [0.2, 0.25) is 0 Å². The second-order valence-corrected chi connectivity index (χ2v) is 10.3. The molecular weight excluding hydrogens is 400 g/mol. The van der Waals surface area contributed by atoms with Crippen LogP contribution in [-0.4, -0.2) is 50.1 Å². The van der Waals surface area contributed by atoms with Crippen LogP contribution < -0.4 is 10.1 Å². The largest absolute Gasteiger partial charge is 0.488 e. The van der Waals surface area contributed by atoms with Crippen LogP contribution >= 0.6 is 0 Å². The summed E-state index contributed by atoms with van der Waals surface area (Å²) in [6.45, 7) is 2.79. The van der Waals surface area contributed by atoms with Crippen molar-refractivity contribution < 1.29 is 17.9 Å². The number of para-hydroxylation sites is 1. The quantitative estimate of drug-likeness (QED) is 0.767. The van der Waals surface area contributed by atoms with Crippen LogP contribution in [0.5, 0.6) is 5.75 Å². The number of piperidine rings is 1. The maximum atomic E-state index is 13.4. The lowest BCUT2D eigenvalue weighted by atomic mass is 9.72. The summed E-state index contributed by atoms with van der Waals surface area (Å²) in [5, 5.41) is 3.10. The molecule has 30 heavy (non-hydrogen) atoms. The van der Waals surface area contributed by atoms with Gasteiger partial charge >= 0.3 is 0 Å². The number of fused-ring (bicyclic) bond motifs is 1. The molecule has 1 unspecified atom stereocenters. The fraction of sp³-hybridized carbons (Fsp3) is 0.435. The van der Waals surface area contributed by atoms with Crippen LogP contribution in [0, 0.1) is 0 Å². The van der Waals surface area contributed by atoms with Gasteiger partial charge in [-0.15, -0.1) is 0 Å². The third-order valence-electron chi connectivity index (χ3n) is 6.30. The molecule has 0 saturated carbocycles. The van der Waals surface area contributed by atoms with E-state index in [2.05, 4.69) is 5.32 Å². The standard InChI is InChI=1S/C23H28N2O4S/c1-2-30(27,28)25-14-12-23(13-15-25,19-9-4-3-5-10-19)22(26)24-17-20-16-18-8-6-7-11-21(18)29-20/h3-11,20H,2,12-17H2,1H3,(H,24,26). The second kappa shape index (κ2) is 8.40. The Balaban J connectivity index is 1.48. The van der Waals surface area contributed by atoms with Crippen molar-refractivity contribution in [2.45, 2.75) is 37.7 Å². The first-order valence-corrected chi connectivity index (χ1v) is 12.1. The van der Waals surface area contributed by atoms with Gasteiger partial charge in [-0.3, -0.25) is 4.79 Å². The molecule has 1 amide bonds. The van der Waals surface area contributed by atoms with Crippen LogP contribution in [0.3, 0.4) is 0 Å². The molecule has 2 aromatic carbocycles. The van der Waals surface area contributed by atoms with Gasteiger partial charge in [-0.2, -0.15) is 0 Å². The Bertz CT molecular complexity index is 974. The predicted molar refractivity (Wildman–Crippen MR) is 116 cm³/mol. The van der Waals surface area contributed by atoms with E-state index in [4.69, 9.17) is 4.74 Å². The molecule has 7 heteroatoms. The molecule has 4 rings (SSSR count). The SMILES string of the molecule is CCS(=O)(=O)N1CCC(C(=O)NCC2Cc3ccccc3O2)(c2ccccc2)CC1. The highest BCUT2D eigenvalue weighted by Crippen LogP contribution is 2.37. The van der Waals surface area contributed by atoms with Gasteiger partial charge < -0.3 is 10.1 Å². The Morgan fingerprint density at radius 1 is 1.10 bits per heavy atom. The van der Waals surface area contributed by atoms with Crippen LogP contribution in [-0.2, 0) is 26.7 Å². The highest BCUT2D eigenvalue weighted by Gasteiger charge is 2.44. The van der Waals surface area contributed by atoms with Crippen molar-refractivity contribution in [1.82, 2.24) is 9.62 Å². The third-order valence-corrected chi connectivity index (χ3v) is 8.18. The average molecular weight is 429 g/mol. The highest BCUT2D eigenvalue weighted by atomic mass is 32.2. The molecule has 1 atom stereocenters. The fourth-order valence-electron chi connectivity index (χ4n) is 4.48. The van der Waals surface area contributed by atoms with E-state index in [1.165, 1.54) is 4.31 Å². The first-order chi connectivity index (χ1) is 14.4. The Hall–Kier alpha value is -2.38. The van der Waals surface area contributed by atoms with Gasteiger partial charge in [-0.25, -0.2) is 12.7 Å². The molecule has 0 spiro atoms. The number of rotatable bonds is 6. The van der Waals surface area contributed by atoms with Crippen molar-refractivity contribution in [2.75, 3.05) is 25.4 Å². The zero-order chi connectivity index (χ0) is 21.2. The summed E-state index contributed by atoms with van der Waals surface area (Å²) in [6, 6.07) is 17.6. The first-order valence-electron chi connectivity index (χ1n) is 10.5. The van der Waals surface area contributed by atoms with E-state index in [9.17, 15) is 13.2 Å². The van der Waals surface area contributed by atoms with Crippen LogP contribution in [0.15, 0.2) is 54.6 Å². The number of hydrogen-bond donors (Lipinski definition) is 1. The molecule has 1 saturated heterocycles. The van der Waals surface area contributed by atoms with E-state index in [1.54, 1.807) is 6.92 Å². The minimum Gasteiger partial charge on any atom is -0.488 e. The number of carbonyl (C=O) groups is 1. The summed E-state index contributed by atoms with van der Waals surface area (Å²) in [6.07, 6.45) is 1.62. The second-order valence-electron chi connectivity index (χ2n) is 8.01. The third kappa shape index (κ3) is 3.96. The smallest absolute Gasteiger partial charge is 0.230 e. The summed E-state index contributed by atoms with van der Waals surface area (Å²) >= 11 is 0. The first kappa shape index (κ1) is 20.9. The fourth-order valence-corrected chi connectivity index (χ4v) is 5.58. The van der Waals surface area contributed by atoms with Gasteiger partial charge in [-0.1, -0.05) is 48.5 Å². The average Bonchev–Trinajstić information content (AvgIpc) is 3.21. The highest BCUT2D eigenvalue weighted by molar-refractivity contribution is 7.89. The summed E-state index contributed by atoms with van der Waals surface area (Å²) in [5.41, 5.74) is 1.37. The Morgan fingerprint density at radius 2 is 1.77 bits per heavy atom. The molecule has 0 aromatic heterocycles. The maximum Gasteiger partial charge on any atom is 0.230 e.